The second kappa shape index (κ2) is 13.9. The second-order valence-corrected chi connectivity index (χ2v) is 11.3. The molecule has 2 aromatic carbocycles. The Hall–Kier alpha value is -3.83. The molecule has 5 rings (SSSR count). The maximum absolute atomic E-state index is 13.1. The first-order valence-electron chi connectivity index (χ1n) is 14.2. The lowest BCUT2D eigenvalue weighted by molar-refractivity contribution is -0.130. The number of benzene rings is 2. The van der Waals surface area contributed by atoms with Crippen LogP contribution in [0.15, 0.2) is 59.8 Å². The highest BCUT2D eigenvalue weighted by molar-refractivity contribution is 7.98. The Kier molecular flexibility index (Phi) is 9.81. The van der Waals surface area contributed by atoms with Crippen molar-refractivity contribution in [3.8, 4) is 5.75 Å². The minimum atomic E-state index is -0.000498. The van der Waals surface area contributed by atoms with Gasteiger partial charge in [0.05, 0.1) is 19.4 Å². The van der Waals surface area contributed by atoms with E-state index in [0.717, 1.165) is 49.0 Å². The van der Waals surface area contributed by atoms with Crippen molar-refractivity contribution in [1.82, 2.24) is 19.8 Å². The van der Waals surface area contributed by atoms with E-state index in [1.165, 1.54) is 5.69 Å². The van der Waals surface area contributed by atoms with Crippen LogP contribution in [0.4, 0.5) is 11.5 Å². The minimum Gasteiger partial charge on any atom is -0.497 e. The van der Waals surface area contributed by atoms with Gasteiger partial charge in [-0.3, -0.25) is 9.59 Å². The number of aromatic nitrogens is 2. The number of thioether (sulfide) groups is 1. The Morgan fingerprint density at radius 1 is 0.833 bits per heavy atom. The minimum absolute atomic E-state index is 0.000498. The number of nitrogens with zero attached hydrogens (tertiary/aromatic N) is 6. The largest absolute Gasteiger partial charge is 0.497 e. The van der Waals surface area contributed by atoms with Gasteiger partial charge >= 0.3 is 0 Å². The van der Waals surface area contributed by atoms with Gasteiger partial charge in [0.15, 0.2) is 5.16 Å². The molecule has 0 atom stereocenters. The third-order valence-corrected chi connectivity index (χ3v) is 8.55. The van der Waals surface area contributed by atoms with Crippen LogP contribution in [-0.4, -0.2) is 98.2 Å². The Bertz CT molecular complexity index is 1370. The number of methoxy groups -OCH3 is 2. The summed E-state index contributed by atoms with van der Waals surface area (Å²) in [6.07, 6.45) is 0. The molecule has 2 fully saturated rings. The van der Waals surface area contributed by atoms with E-state index in [4.69, 9.17) is 19.4 Å². The van der Waals surface area contributed by atoms with E-state index in [-0.39, 0.29) is 11.8 Å². The first-order valence-corrected chi connectivity index (χ1v) is 15.2. The van der Waals surface area contributed by atoms with Crippen molar-refractivity contribution in [2.75, 3.05) is 76.4 Å². The van der Waals surface area contributed by atoms with Crippen LogP contribution in [0.25, 0.3) is 0 Å². The van der Waals surface area contributed by atoms with Crippen molar-refractivity contribution < 1.29 is 19.1 Å². The van der Waals surface area contributed by atoms with Gasteiger partial charge in [0.2, 0.25) is 5.91 Å². The summed E-state index contributed by atoms with van der Waals surface area (Å²) in [5, 5.41) is 0.689. The number of carbonyl (C=O) groups excluding carboxylic acids is 2. The number of hydrogen-bond donors (Lipinski definition) is 0. The molecule has 2 amide bonds. The van der Waals surface area contributed by atoms with E-state index in [2.05, 4.69) is 21.9 Å². The molecule has 2 saturated heterocycles. The molecule has 0 N–H and O–H groups in total. The van der Waals surface area contributed by atoms with Gasteiger partial charge in [0.25, 0.3) is 5.91 Å². The fraction of sp³-hybridized carbons (Fsp3) is 0.419. The molecule has 0 spiro atoms. The molecular formula is C31H38N6O4S. The summed E-state index contributed by atoms with van der Waals surface area (Å²) in [5.41, 5.74) is 3.72. The molecule has 0 saturated carbocycles. The number of anilines is 2. The molecule has 0 radical (unpaired) electrons. The number of amides is 2. The van der Waals surface area contributed by atoms with Crippen LogP contribution in [0.3, 0.4) is 0 Å². The molecule has 0 bridgehead atoms. The number of ether oxygens (including phenoxy) is 2. The molecule has 2 aliphatic heterocycles. The van der Waals surface area contributed by atoms with E-state index >= 15 is 0 Å². The van der Waals surface area contributed by atoms with Crippen LogP contribution in [0.2, 0.25) is 0 Å². The molecule has 1 aromatic heterocycles. The zero-order chi connectivity index (χ0) is 29.5. The van der Waals surface area contributed by atoms with Gasteiger partial charge in [0.1, 0.15) is 11.6 Å². The van der Waals surface area contributed by atoms with Gasteiger partial charge in [-0.2, -0.15) is 0 Å². The van der Waals surface area contributed by atoms with Crippen LogP contribution in [-0.2, 0) is 21.9 Å². The second-order valence-electron chi connectivity index (χ2n) is 10.4. The van der Waals surface area contributed by atoms with Crippen LogP contribution >= 0.6 is 11.8 Å². The van der Waals surface area contributed by atoms with Crippen LogP contribution < -0.4 is 14.5 Å². The number of carbonyl (C=O) groups is 2. The number of rotatable bonds is 9. The van der Waals surface area contributed by atoms with Gasteiger partial charge < -0.3 is 29.1 Å². The van der Waals surface area contributed by atoms with Crippen molar-refractivity contribution in [3.05, 3.63) is 71.4 Å². The predicted molar refractivity (Wildman–Crippen MR) is 164 cm³/mol. The molecule has 2 aliphatic rings. The molecule has 3 aromatic rings. The highest BCUT2D eigenvalue weighted by atomic mass is 32.2. The summed E-state index contributed by atoms with van der Waals surface area (Å²) < 4.78 is 10.7. The smallest absolute Gasteiger partial charge is 0.253 e. The van der Waals surface area contributed by atoms with E-state index in [9.17, 15) is 9.59 Å². The molecule has 0 unspecified atom stereocenters. The molecule has 10 nitrogen and oxygen atoms in total. The Labute approximate surface area is 251 Å². The third-order valence-electron chi connectivity index (χ3n) is 7.63. The van der Waals surface area contributed by atoms with Gasteiger partial charge in [-0.05, 0) is 42.0 Å². The highest BCUT2D eigenvalue weighted by Gasteiger charge is 2.24. The van der Waals surface area contributed by atoms with Gasteiger partial charge in [-0.25, -0.2) is 9.97 Å². The summed E-state index contributed by atoms with van der Waals surface area (Å²) in [4.78, 5) is 42.7. The van der Waals surface area contributed by atoms with Gasteiger partial charge in [-0.1, -0.05) is 23.9 Å². The Morgan fingerprint density at radius 3 is 2.19 bits per heavy atom. The summed E-state index contributed by atoms with van der Waals surface area (Å²) in [7, 11) is 3.35. The highest BCUT2D eigenvalue weighted by Crippen LogP contribution is 2.26. The molecule has 0 aliphatic carbocycles. The Balaban J connectivity index is 1.22. The topological polar surface area (TPSA) is 91.3 Å². The average molecular weight is 591 g/mol. The van der Waals surface area contributed by atoms with Gasteiger partial charge in [-0.15, -0.1) is 0 Å². The van der Waals surface area contributed by atoms with E-state index < -0.39 is 0 Å². The SMILES string of the molecule is COCc1cc(N2CCN(c3ccc(OC)cc3)CC2)nc(SCc2cccc(C(=O)N3CCN(C(C)=O)CC3)c2)n1. The lowest BCUT2D eigenvalue weighted by Gasteiger charge is -2.37. The zero-order valence-corrected chi connectivity index (χ0v) is 25.3. The lowest BCUT2D eigenvalue weighted by Crippen LogP contribution is -2.50. The van der Waals surface area contributed by atoms with E-state index in [1.807, 2.05) is 47.4 Å². The standard InChI is InChI=1S/C31H38N6O4S/c1-23(38)34-11-17-37(18-12-34)30(39)25-6-4-5-24(19-25)22-42-31-32-26(21-40-2)20-29(33-31)36-15-13-35(14-16-36)27-7-9-28(41-3)10-8-27/h4-10,19-20H,11-18,21-22H2,1-3H3. The number of hydrogen-bond acceptors (Lipinski definition) is 9. The number of piperazine rings is 2. The molecule has 3 heterocycles. The van der Waals surface area contributed by atoms with Crippen molar-refractivity contribution in [3.63, 3.8) is 0 Å². The fourth-order valence-electron chi connectivity index (χ4n) is 5.24. The molecule has 42 heavy (non-hydrogen) atoms. The van der Waals surface area contributed by atoms with E-state index in [0.29, 0.717) is 49.3 Å². The van der Waals surface area contributed by atoms with Crippen LogP contribution in [0.5, 0.6) is 5.75 Å². The summed E-state index contributed by atoms with van der Waals surface area (Å²) >= 11 is 1.56. The maximum atomic E-state index is 13.1. The third kappa shape index (κ3) is 7.32. The first kappa shape index (κ1) is 29.7. The van der Waals surface area contributed by atoms with E-state index in [1.54, 1.807) is 37.8 Å². The van der Waals surface area contributed by atoms with Crippen molar-refractivity contribution in [2.45, 2.75) is 24.4 Å². The van der Waals surface area contributed by atoms with Crippen LogP contribution in [0.1, 0.15) is 28.5 Å². The summed E-state index contributed by atoms with van der Waals surface area (Å²) in [6, 6.07) is 18.0. The fourth-order valence-corrected chi connectivity index (χ4v) is 6.06. The predicted octanol–water partition coefficient (Wildman–Crippen LogP) is 3.55. The quantitative estimate of drug-likeness (QED) is 0.274. The van der Waals surface area contributed by atoms with Crippen molar-refractivity contribution in [1.29, 1.82) is 0 Å². The maximum Gasteiger partial charge on any atom is 0.253 e. The normalized spacial score (nSPS) is 15.6. The molecular weight excluding hydrogens is 552 g/mol. The monoisotopic (exact) mass is 590 g/mol. The molecule has 222 valence electrons. The van der Waals surface area contributed by atoms with Crippen LogP contribution in [0, 0.1) is 0 Å². The zero-order valence-electron chi connectivity index (χ0n) is 24.5. The Morgan fingerprint density at radius 2 is 1.52 bits per heavy atom. The van der Waals surface area contributed by atoms with Crippen molar-refractivity contribution >= 4 is 35.1 Å². The summed E-state index contributed by atoms with van der Waals surface area (Å²) in [6.45, 7) is 7.72. The van der Waals surface area contributed by atoms with Gasteiger partial charge in [0, 0.05) is 89.5 Å². The van der Waals surface area contributed by atoms with Crippen molar-refractivity contribution in [2.24, 2.45) is 0 Å². The average Bonchev–Trinajstić information content (AvgIpc) is 3.04. The molecule has 11 heteroatoms. The first-order chi connectivity index (χ1) is 20.4. The summed E-state index contributed by atoms with van der Waals surface area (Å²) in [5.74, 6) is 2.45. The lowest BCUT2D eigenvalue weighted by atomic mass is 10.1.